The van der Waals surface area contributed by atoms with Crippen LogP contribution in [-0.2, 0) is 10.0 Å². The van der Waals surface area contributed by atoms with Crippen LogP contribution in [0.4, 0.5) is 5.69 Å². The topological polar surface area (TPSA) is 72.7 Å². The molecular weight excluding hydrogens is 398 g/mol. The summed E-state index contributed by atoms with van der Waals surface area (Å²) in [6, 6.07) is 19.4. The molecule has 2 heterocycles. The van der Waals surface area contributed by atoms with Gasteiger partial charge in [-0.25, -0.2) is 13.4 Å². The first-order valence-corrected chi connectivity index (χ1v) is 11.3. The summed E-state index contributed by atoms with van der Waals surface area (Å²) in [7, 11) is -3.76. The van der Waals surface area contributed by atoms with Gasteiger partial charge in [-0.3, -0.25) is 4.72 Å². The van der Waals surface area contributed by atoms with Crippen LogP contribution in [0.1, 0.15) is 19.8 Å². The van der Waals surface area contributed by atoms with Gasteiger partial charge in [-0.05, 0) is 48.9 Å². The molecular formula is C23H23N3O3S. The third kappa shape index (κ3) is 4.31. The number of unbranched alkanes of at least 4 members (excludes halogenated alkanes) is 1. The van der Waals surface area contributed by atoms with Gasteiger partial charge in [0, 0.05) is 18.0 Å². The summed E-state index contributed by atoms with van der Waals surface area (Å²) in [5.41, 5.74) is 2.68. The number of sulfonamides is 1. The van der Waals surface area contributed by atoms with Crippen molar-refractivity contribution in [1.29, 1.82) is 0 Å². The van der Waals surface area contributed by atoms with E-state index in [2.05, 4.69) is 16.6 Å². The Morgan fingerprint density at radius 3 is 2.53 bits per heavy atom. The number of rotatable bonds is 8. The fourth-order valence-electron chi connectivity index (χ4n) is 3.11. The summed E-state index contributed by atoms with van der Waals surface area (Å²) in [6.07, 6.45) is 5.79. The third-order valence-corrected chi connectivity index (χ3v) is 6.09. The maximum absolute atomic E-state index is 13.0. The molecule has 6 nitrogen and oxygen atoms in total. The van der Waals surface area contributed by atoms with Crippen LogP contribution in [0.15, 0.2) is 84.0 Å². The number of hydrogen-bond donors (Lipinski definition) is 1. The lowest BCUT2D eigenvalue weighted by Crippen LogP contribution is -2.13. The van der Waals surface area contributed by atoms with Gasteiger partial charge in [0.25, 0.3) is 10.0 Å². The van der Waals surface area contributed by atoms with Crippen molar-refractivity contribution in [1.82, 2.24) is 9.38 Å². The molecule has 4 rings (SSSR count). The summed E-state index contributed by atoms with van der Waals surface area (Å²) in [4.78, 5) is 4.78. The highest BCUT2D eigenvalue weighted by Gasteiger charge is 2.17. The van der Waals surface area contributed by atoms with Crippen LogP contribution in [0.2, 0.25) is 0 Å². The van der Waals surface area contributed by atoms with Crippen LogP contribution in [0.5, 0.6) is 5.75 Å². The fourth-order valence-corrected chi connectivity index (χ4v) is 4.19. The summed E-state index contributed by atoms with van der Waals surface area (Å²) in [6.45, 7) is 2.71. The molecule has 0 fully saturated rings. The van der Waals surface area contributed by atoms with E-state index in [1.807, 2.05) is 47.1 Å². The van der Waals surface area contributed by atoms with Crippen molar-refractivity contribution in [3.63, 3.8) is 0 Å². The van der Waals surface area contributed by atoms with Crippen LogP contribution in [-0.4, -0.2) is 24.4 Å². The molecule has 1 N–H and O–H groups in total. The number of anilines is 1. The van der Waals surface area contributed by atoms with Gasteiger partial charge in [-0.1, -0.05) is 37.6 Å². The fraction of sp³-hybridized carbons (Fsp3) is 0.174. The van der Waals surface area contributed by atoms with Gasteiger partial charge in [0.2, 0.25) is 0 Å². The molecule has 0 spiro atoms. The smallest absolute Gasteiger partial charge is 0.261 e. The average molecular weight is 422 g/mol. The molecule has 0 aliphatic rings. The van der Waals surface area contributed by atoms with Crippen LogP contribution < -0.4 is 9.46 Å². The Morgan fingerprint density at radius 1 is 1.00 bits per heavy atom. The lowest BCUT2D eigenvalue weighted by atomic mass is 10.1. The van der Waals surface area contributed by atoms with E-state index in [9.17, 15) is 8.42 Å². The summed E-state index contributed by atoms with van der Waals surface area (Å²) >= 11 is 0. The quantitative estimate of drug-likeness (QED) is 0.407. The zero-order valence-electron chi connectivity index (χ0n) is 16.7. The van der Waals surface area contributed by atoms with Gasteiger partial charge in [0.1, 0.15) is 11.4 Å². The predicted molar refractivity (Wildman–Crippen MR) is 118 cm³/mol. The highest BCUT2D eigenvalue weighted by molar-refractivity contribution is 7.92. The number of benzene rings is 2. The lowest BCUT2D eigenvalue weighted by Gasteiger charge is -2.12. The van der Waals surface area contributed by atoms with Crippen molar-refractivity contribution in [2.75, 3.05) is 11.3 Å². The van der Waals surface area contributed by atoms with E-state index in [0.29, 0.717) is 29.3 Å². The zero-order chi connectivity index (χ0) is 21.0. The maximum atomic E-state index is 13.0. The standard InChI is InChI=1S/C23H23N3O3S/c1-2-3-16-29-18-11-13-19(14-12-18)30(27,28)25-21-9-5-4-8-20(21)22-17-26-15-7-6-10-23(26)24-22/h4-15,17,25H,2-3,16H2,1H3. The molecule has 0 amide bonds. The molecule has 2 aromatic heterocycles. The number of para-hydroxylation sites is 1. The molecule has 0 radical (unpaired) electrons. The largest absolute Gasteiger partial charge is 0.494 e. The van der Waals surface area contributed by atoms with E-state index >= 15 is 0 Å². The van der Waals surface area contributed by atoms with Gasteiger partial charge in [0.15, 0.2) is 0 Å². The Hall–Kier alpha value is -3.32. The Labute approximate surface area is 176 Å². The number of nitrogens with zero attached hydrogens (tertiary/aromatic N) is 2. The maximum Gasteiger partial charge on any atom is 0.261 e. The van der Waals surface area contributed by atoms with Crippen molar-refractivity contribution in [2.24, 2.45) is 0 Å². The Bertz CT molecular complexity index is 1220. The molecule has 30 heavy (non-hydrogen) atoms. The molecule has 4 aromatic rings. The number of fused-ring (bicyclic) bond motifs is 1. The molecule has 0 atom stereocenters. The Morgan fingerprint density at radius 2 is 1.77 bits per heavy atom. The van der Waals surface area contributed by atoms with E-state index in [1.165, 1.54) is 0 Å². The average Bonchev–Trinajstić information content (AvgIpc) is 3.18. The molecule has 0 unspecified atom stereocenters. The molecule has 7 heteroatoms. The van der Waals surface area contributed by atoms with Gasteiger partial charge in [-0.2, -0.15) is 0 Å². The molecule has 0 bridgehead atoms. The first kappa shape index (κ1) is 20.0. The highest BCUT2D eigenvalue weighted by atomic mass is 32.2. The minimum atomic E-state index is -3.76. The molecule has 0 aliphatic carbocycles. The summed E-state index contributed by atoms with van der Waals surface area (Å²) < 4.78 is 36.1. The van der Waals surface area contributed by atoms with Crippen molar-refractivity contribution < 1.29 is 13.2 Å². The van der Waals surface area contributed by atoms with Crippen LogP contribution >= 0.6 is 0 Å². The number of nitrogens with one attached hydrogen (secondary N) is 1. The third-order valence-electron chi connectivity index (χ3n) is 4.71. The van der Waals surface area contributed by atoms with Crippen LogP contribution in [0, 0.1) is 0 Å². The second-order valence-electron chi connectivity index (χ2n) is 6.92. The monoisotopic (exact) mass is 421 g/mol. The van der Waals surface area contributed by atoms with E-state index in [-0.39, 0.29) is 4.90 Å². The minimum Gasteiger partial charge on any atom is -0.494 e. The molecule has 0 saturated heterocycles. The van der Waals surface area contributed by atoms with Gasteiger partial charge in [0.05, 0.1) is 22.9 Å². The van der Waals surface area contributed by atoms with Gasteiger partial charge < -0.3 is 9.14 Å². The number of ether oxygens (including phenoxy) is 1. The van der Waals surface area contributed by atoms with Crippen molar-refractivity contribution in [3.05, 3.63) is 79.1 Å². The minimum absolute atomic E-state index is 0.176. The number of pyridine rings is 1. The molecule has 0 saturated carbocycles. The number of aromatic nitrogens is 2. The lowest BCUT2D eigenvalue weighted by molar-refractivity contribution is 0.309. The van der Waals surface area contributed by atoms with E-state index in [4.69, 9.17) is 4.74 Å². The van der Waals surface area contributed by atoms with Gasteiger partial charge >= 0.3 is 0 Å². The van der Waals surface area contributed by atoms with Crippen LogP contribution in [0.25, 0.3) is 16.9 Å². The molecule has 2 aromatic carbocycles. The van der Waals surface area contributed by atoms with Crippen molar-refractivity contribution in [3.8, 4) is 17.0 Å². The van der Waals surface area contributed by atoms with Gasteiger partial charge in [-0.15, -0.1) is 0 Å². The van der Waals surface area contributed by atoms with E-state index < -0.39 is 10.0 Å². The zero-order valence-corrected chi connectivity index (χ0v) is 17.5. The Balaban J connectivity index is 1.59. The van der Waals surface area contributed by atoms with Crippen LogP contribution in [0.3, 0.4) is 0 Å². The summed E-state index contributed by atoms with van der Waals surface area (Å²) in [5, 5.41) is 0. The highest BCUT2D eigenvalue weighted by Crippen LogP contribution is 2.29. The van der Waals surface area contributed by atoms with E-state index in [1.54, 1.807) is 36.4 Å². The molecule has 0 aliphatic heterocycles. The first-order valence-electron chi connectivity index (χ1n) is 9.85. The van der Waals surface area contributed by atoms with Crippen molar-refractivity contribution >= 4 is 21.4 Å². The summed E-state index contributed by atoms with van der Waals surface area (Å²) in [5.74, 6) is 0.660. The molecule has 154 valence electrons. The first-order chi connectivity index (χ1) is 14.6. The SMILES string of the molecule is CCCCOc1ccc(S(=O)(=O)Nc2ccccc2-c2cn3ccccc3n2)cc1. The second kappa shape index (κ2) is 8.59. The second-order valence-corrected chi connectivity index (χ2v) is 8.60. The van der Waals surface area contributed by atoms with E-state index in [0.717, 1.165) is 18.5 Å². The Kier molecular flexibility index (Phi) is 5.72. The predicted octanol–water partition coefficient (Wildman–Crippen LogP) is 4.98. The van der Waals surface area contributed by atoms with Crippen molar-refractivity contribution in [2.45, 2.75) is 24.7 Å². The normalized spacial score (nSPS) is 11.5. The number of hydrogen-bond acceptors (Lipinski definition) is 4. The number of imidazole rings is 1.